The predicted molar refractivity (Wildman–Crippen MR) is 146 cm³/mol. The maximum atomic E-state index is 12.5. The summed E-state index contributed by atoms with van der Waals surface area (Å²) in [5, 5.41) is 16.5. The topological polar surface area (TPSA) is 109 Å². The number of methoxy groups -OCH3 is 1. The van der Waals surface area contributed by atoms with E-state index in [0.29, 0.717) is 51.9 Å². The van der Waals surface area contributed by atoms with Gasteiger partial charge in [0.2, 0.25) is 0 Å². The van der Waals surface area contributed by atoms with Gasteiger partial charge in [-0.2, -0.15) is 5.26 Å². The van der Waals surface area contributed by atoms with Gasteiger partial charge in [0.05, 0.1) is 23.9 Å². The third-order valence-electron chi connectivity index (χ3n) is 5.84. The molecule has 1 heterocycles. The van der Waals surface area contributed by atoms with E-state index in [2.05, 4.69) is 26.7 Å². The lowest BCUT2D eigenvalue weighted by Gasteiger charge is -2.14. The van der Waals surface area contributed by atoms with Crippen LogP contribution in [-0.2, 0) is 6.61 Å². The van der Waals surface area contributed by atoms with Crippen molar-refractivity contribution in [1.82, 2.24) is 9.97 Å². The van der Waals surface area contributed by atoms with E-state index in [9.17, 15) is 10.1 Å². The largest absolute Gasteiger partial charge is 0.493 e. The Balaban J connectivity index is 1.39. The molecule has 0 unspecified atom stereocenters. The molecule has 0 atom stereocenters. The number of hydrogen-bond donors (Lipinski definition) is 2. The van der Waals surface area contributed by atoms with Crippen molar-refractivity contribution < 1.29 is 14.3 Å². The van der Waals surface area contributed by atoms with E-state index in [1.54, 1.807) is 49.6 Å². The van der Waals surface area contributed by atoms with Crippen LogP contribution in [0.15, 0.2) is 97.3 Å². The van der Waals surface area contributed by atoms with E-state index in [0.717, 1.165) is 10.9 Å². The Kier molecular flexibility index (Phi) is 7.09. The summed E-state index contributed by atoms with van der Waals surface area (Å²) in [5.74, 6) is 1.36. The van der Waals surface area contributed by atoms with Gasteiger partial charge >= 0.3 is 0 Å². The van der Waals surface area contributed by atoms with Gasteiger partial charge in [0.1, 0.15) is 24.8 Å². The van der Waals surface area contributed by atoms with Crippen LogP contribution in [0.1, 0.15) is 21.5 Å². The molecule has 5 aromatic rings. The van der Waals surface area contributed by atoms with Gasteiger partial charge in [-0.3, -0.25) is 4.79 Å². The number of carbonyl (C=O) groups excluding carboxylic acids is 1. The van der Waals surface area contributed by atoms with Crippen LogP contribution in [-0.4, -0.2) is 23.0 Å². The summed E-state index contributed by atoms with van der Waals surface area (Å²) in [6, 6.07) is 29.6. The Morgan fingerprint density at radius 3 is 2.42 bits per heavy atom. The fourth-order valence-electron chi connectivity index (χ4n) is 3.92. The van der Waals surface area contributed by atoms with Crippen molar-refractivity contribution in [3.8, 4) is 17.6 Å². The summed E-state index contributed by atoms with van der Waals surface area (Å²) >= 11 is 0. The molecule has 8 nitrogen and oxygen atoms in total. The van der Waals surface area contributed by atoms with E-state index in [-0.39, 0.29) is 5.91 Å². The zero-order chi connectivity index (χ0) is 26.3. The maximum Gasteiger partial charge on any atom is 0.255 e. The number of amides is 1. The van der Waals surface area contributed by atoms with Gasteiger partial charge in [-0.05, 0) is 42.0 Å². The second-order valence-corrected chi connectivity index (χ2v) is 8.33. The Hall–Kier alpha value is -5.42. The molecule has 2 N–H and O–H groups in total. The van der Waals surface area contributed by atoms with Gasteiger partial charge < -0.3 is 20.1 Å². The van der Waals surface area contributed by atoms with Gasteiger partial charge in [0.15, 0.2) is 11.5 Å². The predicted octanol–water partition coefficient (Wildman–Crippen LogP) is 6.08. The van der Waals surface area contributed by atoms with Crippen molar-refractivity contribution in [3.05, 3.63) is 114 Å². The number of rotatable bonds is 8. The number of carbonyl (C=O) groups is 1. The second kappa shape index (κ2) is 11.1. The lowest BCUT2D eigenvalue weighted by Crippen LogP contribution is -2.12. The molecule has 38 heavy (non-hydrogen) atoms. The minimum atomic E-state index is -0.290. The van der Waals surface area contributed by atoms with E-state index in [1.165, 1.54) is 6.33 Å². The molecule has 0 fully saturated rings. The van der Waals surface area contributed by atoms with Gasteiger partial charge in [-0.15, -0.1) is 0 Å². The molecule has 4 aromatic carbocycles. The third-order valence-corrected chi connectivity index (χ3v) is 5.84. The molecule has 0 saturated heterocycles. The fraction of sp³-hybridized carbons (Fsp3) is 0.0667. The summed E-state index contributed by atoms with van der Waals surface area (Å²) in [6.45, 7) is 0.392. The Bertz CT molecular complexity index is 1630. The number of nitrogens with one attached hydrogen (secondary N) is 2. The van der Waals surface area contributed by atoms with E-state index >= 15 is 0 Å². The molecule has 0 aliphatic rings. The van der Waals surface area contributed by atoms with Gasteiger partial charge in [-0.1, -0.05) is 48.5 Å². The van der Waals surface area contributed by atoms with E-state index < -0.39 is 0 Å². The van der Waals surface area contributed by atoms with Crippen molar-refractivity contribution in [3.63, 3.8) is 0 Å². The minimum Gasteiger partial charge on any atom is -0.493 e. The van der Waals surface area contributed by atoms with Gasteiger partial charge in [-0.25, -0.2) is 9.97 Å². The lowest BCUT2D eigenvalue weighted by molar-refractivity contribution is 0.102. The first-order valence-corrected chi connectivity index (χ1v) is 11.8. The quantitative estimate of drug-likeness (QED) is 0.265. The Morgan fingerprint density at radius 2 is 1.68 bits per heavy atom. The van der Waals surface area contributed by atoms with Crippen molar-refractivity contribution in [2.45, 2.75) is 6.61 Å². The number of aromatic nitrogens is 2. The average molecular weight is 502 g/mol. The van der Waals surface area contributed by atoms with Crippen molar-refractivity contribution >= 4 is 34.0 Å². The molecule has 0 aliphatic heterocycles. The highest BCUT2D eigenvalue weighted by molar-refractivity contribution is 6.05. The maximum absolute atomic E-state index is 12.5. The zero-order valence-corrected chi connectivity index (χ0v) is 20.5. The number of fused-ring (bicyclic) bond motifs is 1. The number of nitrogens with zero attached hydrogens (tertiary/aromatic N) is 3. The molecule has 0 saturated carbocycles. The number of nitriles is 1. The zero-order valence-electron chi connectivity index (χ0n) is 20.5. The van der Waals surface area contributed by atoms with Crippen LogP contribution in [0.3, 0.4) is 0 Å². The molecule has 1 aromatic heterocycles. The molecular formula is C30H23N5O3. The van der Waals surface area contributed by atoms with Crippen molar-refractivity contribution in [1.29, 1.82) is 5.26 Å². The van der Waals surface area contributed by atoms with Crippen LogP contribution in [0.5, 0.6) is 11.5 Å². The third kappa shape index (κ3) is 5.37. The second-order valence-electron chi connectivity index (χ2n) is 8.33. The van der Waals surface area contributed by atoms with Gasteiger partial charge in [0.25, 0.3) is 5.91 Å². The van der Waals surface area contributed by atoms with Crippen LogP contribution < -0.4 is 20.1 Å². The molecular weight excluding hydrogens is 478 g/mol. The highest BCUT2D eigenvalue weighted by atomic mass is 16.5. The van der Waals surface area contributed by atoms with Crippen LogP contribution in [0, 0.1) is 11.3 Å². The molecule has 0 radical (unpaired) electrons. The Labute approximate surface area is 219 Å². The van der Waals surface area contributed by atoms with Crippen LogP contribution in [0.2, 0.25) is 0 Å². The first-order valence-electron chi connectivity index (χ1n) is 11.8. The SMILES string of the molecule is COc1cc2c(Nc3ccc(NC(=O)c4ccccc4)c(C#N)c3)ncnc2cc1OCc1ccccc1. The van der Waals surface area contributed by atoms with Crippen LogP contribution in [0.4, 0.5) is 17.2 Å². The number of hydrogen-bond acceptors (Lipinski definition) is 7. The summed E-state index contributed by atoms with van der Waals surface area (Å²) in [6.07, 6.45) is 1.46. The summed E-state index contributed by atoms with van der Waals surface area (Å²) in [4.78, 5) is 21.3. The fourth-order valence-corrected chi connectivity index (χ4v) is 3.92. The molecule has 5 rings (SSSR count). The van der Waals surface area contributed by atoms with E-state index in [1.807, 2.05) is 48.5 Å². The molecule has 0 spiro atoms. The molecule has 0 aliphatic carbocycles. The summed E-state index contributed by atoms with van der Waals surface area (Å²) < 4.78 is 11.6. The molecule has 0 bridgehead atoms. The highest BCUT2D eigenvalue weighted by Gasteiger charge is 2.14. The molecule has 186 valence electrons. The normalized spacial score (nSPS) is 10.4. The summed E-state index contributed by atoms with van der Waals surface area (Å²) in [5.41, 5.74) is 3.57. The monoisotopic (exact) mass is 501 g/mol. The standard InChI is InChI=1S/C30H23N5O3/c1-37-27-15-24-26(16-28(27)38-18-20-8-4-2-5-9-20)32-19-33-29(24)34-23-12-13-25(22(14-23)17-31)35-30(36)21-10-6-3-7-11-21/h2-16,19H,18H2,1H3,(H,35,36)(H,32,33,34). The van der Waals surface area contributed by atoms with Crippen LogP contribution >= 0.6 is 0 Å². The average Bonchev–Trinajstić information content (AvgIpc) is 2.97. The molecule has 1 amide bonds. The Morgan fingerprint density at radius 1 is 0.921 bits per heavy atom. The van der Waals surface area contributed by atoms with Crippen LogP contribution in [0.25, 0.3) is 10.9 Å². The first-order chi connectivity index (χ1) is 18.6. The molecule has 8 heteroatoms. The highest BCUT2D eigenvalue weighted by Crippen LogP contribution is 2.35. The van der Waals surface area contributed by atoms with Crippen molar-refractivity contribution in [2.75, 3.05) is 17.7 Å². The van der Waals surface area contributed by atoms with Gasteiger partial charge in [0, 0.05) is 22.7 Å². The number of ether oxygens (including phenoxy) is 2. The summed E-state index contributed by atoms with van der Waals surface area (Å²) in [7, 11) is 1.58. The minimum absolute atomic E-state index is 0.290. The van der Waals surface area contributed by atoms with E-state index in [4.69, 9.17) is 9.47 Å². The number of anilines is 3. The first kappa shape index (κ1) is 24.3. The smallest absolute Gasteiger partial charge is 0.255 e. The van der Waals surface area contributed by atoms with Crippen molar-refractivity contribution in [2.24, 2.45) is 0 Å². The number of benzene rings is 4. The lowest BCUT2D eigenvalue weighted by atomic mass is 10.1.